The maximum absolute atomic E-state index is 5.64. The van der Waals surface area contributed by atoms with Crippen LogP contribution in [0.3, 0.4) is 0 Å². The summed E-state index contributed by atoms with van der Waals surface area (Å²) in [5.74, 6) is 9.60. The van der Waals surface area contributed by atoms with Crippen LogP contribution in [0.25, 0.3) is 44.1 Å². The average Bonchev–Trinajstić information content (AvgIpc) is 3.64. The van der Waals surface area contributed by atoms with Crippen molar-refractivity contribution in [3.63, 3.8) is 0 Å². The van der Waals surface area contributed by atoms with Crippen LogP contribution >= 0.6 is 0 Å². The van der Waals surface area contributed by atoms with Crippen molar-refractivity contribution in [3.05, 3.63) is 96.3 Å². The number of rotatable bonds is 6. The van der Waals surface area contributed by atoms with E-state index in [-0.39, 0.29) is 0 Å². The van der Waals surface area contributed by atoms with Gasteiger partial charge in [0, 0.05) is 69.7 Å². The number of aromatic amines is 2. The van der Waals surface area contributed by atoms with E-state index in [1.807, 2.05) is 60.9 Å². The highest BCUT2D eigenvalue weighted by Crippen LogP contribution is 2.39. The lowest BCUT2D eigenvalue weighted by Gasteiger charge is -2.08. The fraction of sp³-hybridized carbons (Fsp3) is 0.118. The molecule has 2 heterocycles. The van der Waals surface area contributed by atoms with Gasteiger partial charge in [0.1, 0.15) is 23.0 Å². The van der Waals surface area contributed by atoms with Crippen molar-refractivity contribution in [2.75, 3.05) is 28.4 Å². The van der Waals surface area contributed by atoms with E-state index in [1.165, 1.54) is 0 Å². The predicted octanol–water partition coefficient (Wildman–Crippen LogP) is 7.42. The van der Waals surface area contributed by atoms with Crippen LogP contribution in [0.4, 0.5) is 0 Å². The van der Waals surface area contributed by atoms with Gasteiger partial charge < -0.3 is 28.9 Å². The Morgan fingerprint density at radius 2 is 0.900 bits per heavy atom. The number of methoxy groups -OCH3 is 4. The van der Waals surface area contributed by atoms with Crippen LogP contribution in [-0.2, 0) is 0 Å². The van der Waals surface area contributed by atoms with E-state index in [0.29, 0.717) is 0 Å². The molecule has 0 atom stereocenters. The largest absolute Gasteiger partial charge is 0.497 e. The van der Waals surface area contributed by atoms with E-state index in [0.717, 1.165) is 78.2 Å². The number of ether oxygens (including phenoxy) is 4. The molecule has 0 radical (unpaired) electrons. The molecule has 198 valence electrons. The molecule has 0 saturated heterocycles. The fourth-order valence-corrected chi connectivity index (χ4v) is 5.03. The fourth-order valence-electron chi connectivity index (χ4n) is 5.03. The molecule has 0 aliphatic rings. The zero-order chi connectivity index (χ0) is 27.6. The Labute approximate surface area is 232 Å². The lowest BCUT2D eigenvalue weighted by atomic mass is 10.0. The van der Waals surface area contributed by atoms with Gasteiger partial charge in [0.15, 0.2) is 0 Å². The lowest BCUT2D eigenvalue weighted by molar-refractivity contribution is 0.398. The first kappa shape index (κ1) is 25.0. The summed E-state index contributed by atoms with van der Waals surface area (Å²) in [6.07, 6.45) is 3.99. The van der Waals surface area contributed by atoms with Crippen molar-refractivity contribution in [2.45, 2.75) is 0 Å². The zero-order valence-corrected chi connectivity index (χ0v) is 22.7. The smallest absolute Gasteiger partial charge is 0.132 e. The molecular formula is C34H28N2O4. The summed E-state index contributed by atoms with van der Waals surface area (Å²) in [5, 5.41) is 2.04. The van der Waals surface area contributed by atoms with Crippen LogP contribution in [0.2, 0.25) is 0 Å². The third-order valence-corrected chi connectivity index (χ3v) is 7.09. The molecule has 2 aromatic heterocycles. The average molecular weight is 529 g/mol. The third-order valence-electron chi connectivity index (χ3n) is 7.09. The van der Waals surface area contributed by atoms with Crippen LogP contribution in [0.15, 0.2) is 85.2 Å². The minimum atomic E-state index is 0.748. The number of aromatic nitrogens is 2. The molecular weight excluding hydrogens is 500 g/mol. The van der Waals surface area contributed by atoms with Crippen molar-refractivity contribution in [1.29, 1.82) is 0 Å². The van der Waals surface area contributed by atoms with Gasteiger partial charge in [-0.2, -0.15) is 0 Å². The number of hydrogen-bond donors (Lipinski definition) is 2. The topological polar surface area (TPSA) is 68.5 Å². The molecule has 0 amide bonds. The van der Waals surface area contributed by atoms with Crippen LogP contribution in [0.5, 0.6) is 23.0 Å². The summed E-state index contributed by atoms with van der Waals surface area (Å²) in [7, 11) is 6.64. The van der Waals surface area contributed by atoms with Crippen molar-refractivity contribution in [1.82, 2.24) is 9.97 Å². The van der Waals surface area contributed by atoms with Gasteiger partial charge in [-0.15, -0.1) is 0 Å². The molecule has 0 aliphatic carbocycles. The van der Waals surface area contributed by atoms with Gasteiger partial charge >= 0.3 is 0 Å². The second kappa shape index (κ2) is 10.5. The Morgan fingerprint density at radius 1 is 0.500 bits per heavy atom. The summed E-state index contributed by atoms with van der Waals surface area (Å²) in [6, 6.07) is 24.2. The molecule has 0 spiro atoms. The number of nitrogens with one attached hydrogen (secondary N) is 2. The van der Waals surface area contributed by atoms with Crippen molar-refractivity contribution in [3.8, 4) is 57.1 Å². The number of benzene rings is 4. The third kappa shape index (κ3) is 4.48. The first-order valence-electron chi connectivity index (χ1n) is 12.8. The number of hydrogen-bond acceptors (Lipinski definition) is 4. The van der Waals surface area contributed by atoms with Crippen LogP contribution in [0, 0.1) is 11.8 Å². The van der Waals surface area contributed by atoms with Gasteiger partial charge in [-0.3, -0.25) is 0 Å². The summed E-state index contributed by atoms with van der Waals surface area (Å²) in [6.45, 7) is 0. The van der Waals surface area contributed by atoms with Crippen molar-refractivity contribution in [2.24, 2.45) is 0 Å². The molecule has 6 aromatic rings. The summed E-state index contributed by atoms with van der Waals surface area (Å²) in [5.41, 5.74) is 8.10. The van der Waals surface area contributed by atoms with E-state index in [2.05, 4.69) is 46.1 Å². The van der Waals surface area contributed by atoms with Gasteiger partial charge in [0.25, 0.3) is 0 Å². The number of fused-ring (bicyclic) bond motifs is 2. The van der Waals surface area contributed by atoms with E-state index in [1.54, 1.807) is 28.4 Å². The van der Waals surface area contributed by atoms with E-state index in [9.17, 15) is 0 Å². The molecule has 4 aromatic carbocycles. The predicted molar refractivity (Wildman–Crippen MR) is 160 cm³/mol. The quantitative estimate of drug-likeness (QED) is 0.221. The molecule has 6 nitrogen and oxygen atoms in total. The van der Waals surface area contributed by atoms with Crippen LogP contribution < -0.4 is 18.9 Å². The van der Waals surface area contributed by atoms with E-state index >= 15 is 0 Å². The Balaban J connectivity index is 1.24. The molecule has 0 bridgehead atoms. The van der Waals surface area contributed by atoms with Crippen LogP contribution in [-0.4, -0.2) is 38.4 Å². The number of H-pyrrole nitrogens is 2. The second-order valence-electron chi connectivity index (χ2n) is 9.31. The minimum Gasteiger partial charge on any atom is -0.497 e. The molecule has 0 fully saturated rings. The molecule has 6 rings (SSSR count). The second-order valence-corrected chi connectivity index (χ2v) is 9.31. The Kier molecular flexibility index (Phi) is 6.55. The summed E-state index contributed by atoms with van der Waals surface area (Å²) in [4.78, 5) is 6.66. The molecule has 40 heavy (non-hydrogen) atoms. The molecule has 2 N–H and O–H groups in total. The van der Waals surface area contributed by atoms with Crippen molar-refractivity contribution >= 4 is 21.8 Å². The maximum atomic E-state index is 5.64. The van der Waals surface area contributed by atoms with Gasteiger partial charge in [-0.05, 0) is 35.4 Å². The molecule has 0 aliphatic heterocycles. The molecule has 0 saturated carbocycles. The summed E-state index contributed by atoms with van der Waals surface area (Å²) < 4.78 is 22.1. The highest BCUT2D eigenvalue weighted by atomic mass is 16.5. The van der Waals surface area contributed by atoms with Gasteiger partial charge in [0.05, 0.1) is 39.5 Å². The van der Waals surface area contributed by atoms with Gasteiger partial charge in [-0.1, -0.05) is 36.1 Å². The first-order valence-corrected chi connectivity index (χ1v) is 12.8. The highest BCUT2D eigenvalue weighted by Gasteiger charge is 2.14. The highest BCUT2D eigenvalue weighted by molar-refractivity contribution is 6.01. The van der Waals surface area contributed by atoms with Gasteiger partial charge in [-0.25, -0.2) is 0 Å². The van der Waals surface area contributed by atoms with Crippen molar-refractivity contribution < 1.29 is 18.9 Å². The Bertz CT molecular complexity index is 1750. The zero-order valence-electron chi connectivity index (χ0n) is 22.7. The minimum absolute atomic E-state index is 0.748. The normalized spacial score (nSPS) is 10.8. The summed E-state index contributed by atoms with van der Waals surface area (Å²) >= 11 is 0. The van der Waals surface area contributed by atoms with Crippen LogP contribution in [0.1, 0.15) is 11.1 Å². The molecule has 6 heteroatoms. The maximum Gasteiger partial charge on any atom is 0.132 e. The molecule has 0 unspecified atom stereocenters. The Hall–Kier alpha value is -5.28. The van der Waals surface area contributed by atoms with E-state index in [4.69, 9.17) is 18.9 Å². The van der Waals surface area contributed by atoms with E-state index < -0.39 is 0 Å². The standard InChI is InChI=1S/C34H28N2O4/c1-37-25-15-29-33(31(17-25)39-3)27(19-35-29)23-11-7-21(8-12-23)5-6-22-9-13-24(14-10-22)28-20-36-30-16-26(38-2)18-32(40-4)34(28)30/h7-20,35-36H,1-4H3. The first-order chi connectivity index (χ1) is 19.6. The Morgan fingerprint density at radius 3 is 1.25 bits per heavy atom. The van der Waals surface area contributed by atoms with Gasteiger partial charge in [0.2, 0.25) is 0 Å². The SMILES string of the molecule is COc1cc(OC)c2c(-c3ccc(C#Cc4ccc(-c5c[nH]c6cc(OC)cc(OC)c56)cc4)cc3)c[nH]c2c1. The lowest BCUT2D eigenvalue weighted by Crippen LogP contribution is -1.89. The monoisotopic (exact) mass is 528 g/mol.